The van der Waals surface area contributed by atoms with Crippen LogP contribution in [0.25, 0.3) is 4.96 Å². The lowest BCUT2D eigenvalue weighted by molar-refractivity contribution is 0.191. The molecule has 1 aromatic carbocycles. The summed E-state index contributed by atoms with van der Waals surface area (Å²) in [6.45, 7) is 2.30. The van der Waals surface area contributed by atoms with E-state index >= 15 is 0 Å². The zero-order valence-corrected chi connectivity index (χ0v) is 12.2. The van der Waals surface area contributed by atoms with Crippen molar-refractivity contribution in [2.45, 2.75) is 13.0 Å². The predicted molar refractivity (Wildman–Crippen MR) is 81.8 cm³/mol. The molecule has 0 bridgehead atoms. The number of nitrogens with one attached hydrogen (secondary N) is 1. The van der Waals surface area contributed by atoms with Gasteiger partial charge in [0.25, 0.3) is 5.56 Å². The fourth-order valence-corrected chi connectivity index (χ4v) is 2.78. The van der Waals surface area contributed by atoms with Gasteiger partial charge in [0.15, 0.2) is 0 Å². The maximum absolute atomic E-state index is 11.6. The van der Waals surface area contributed by atoms with Crippen molar-refractivity contribution >= 4 is 21.4 Å². The third-order valence-corrected chi connectivity index (χ3v) is 3.92. The van der Waals surface area contributed by atoms with Gasteiger partial charge >= 0.3 is 0 Å². The van der Waals surface area contributed by atoms with Crippen molar-refractivity contribution in [3.63, 3.8) is 0 Å². The number of nitrogens with zero attached hydrogens (tertiary/aromatic N) is 3. The maximum Gasteiger partial charge on any atom is 0.275 e. The molecule has 1 atom stereocenters. The highest BCUT2D eigenvalue weighted by Crippen LogP contribution is 2.19. The highest BCUT2D eigenvalue weighted by Gasteiger charge is 2.10. The SMILES string of the molecule is Cc1cccc(C(O)CNc2nn3c(=O)ccnc3s2)c1. The lowest BCUT2D eigenvalue weighted by Crippen LogP contribution is -2.14. The largest absolute Gasteiger partial charge is 0.387 e. The Morgan fingerprint density at radius 1 is 1.43 bits per heavy atom. The van der Waals surface area contributed by atoms with Crippen LogP contribution in [0, 0.1) is 6.92 Å². The van der Waals surface area contributed by atoms with Crippen LogP contribution in [0.5, 0.6) is 0 Å². The molecule has 2 aromatic heterocycles. The Kier molecular flexibility index (Phi) is 3.68. The van der Waals surface area contributed by atoms with Gasteiger partial charge in [-0.15, -0.1) is 5.10 Å². The van der Waals surface area contributed by atoms with E-state index in [1.807, 2.05) is 31.2 Å². The minimum Gasteiger partial charge on any atom is -0.387 e. The van der Waals surface area contributed by atoms with Crippen molar-refractivity contribution in [1.82, 2.24) is 14.6 Å². The molecule has 2 heterocycles. The molecule has 0 saturated heterocycles. The first kappa shape index (κ1) is 13.7. The van der Waals surface area contributed by atoms with Crippen LogP contribution in [0.3, 0.4) is 0 Å². The van der Waals surface area contributed by atoms with Crippen LogP contribution >= 0.6 is 11.3 Å². The topological polar surface area (TPSA) is 79.5 Å². The molecule has 0 aliphatic rings. The predicted octanol–water partition coefficient (Wildman–Crippen LogP) is 1.60. The van der Waals surface area contributed by atoms with E-state index in [1.165, 1.54) is 28.1 Å². The van der Waals surface area contributed by atoms with E-state index in [0.717, 1.165) is 11.1 Å². The number of aliphatic hydroxyl groups is 1. The summed E-state index contributed by atoms with van der Waals surface area (Å²) in [5.41, 5.74) is 1.73. The fourth-order valence-electron chi connectivity index (χ4n) is 1.99. The molecule has 7 heteroatoms. The zero-order chi connectivity index (χ0) is 14.8. The van der Waals surface area contributed by atoms with Crippen LogP contribution in [0.15, 0.2) is 41.3 Å². The van der Waals surface area contributed by atoms with E-state index < -0.39 is 6.10 Å². The molecule has 6 nitrogen and oxygen atoms in total. The maximum atomic E-state index is 11.6. The molecular weight excluding hydrogens is 288 g/mol. The van der Waals surface area contributed by atoms with Gasteiger partial charge in [-0.1, -0.05) is 41.2 Å². The molecule has 108 valence electrons. The fraction of sp³-hybridized carbons (Fsp3) is 0.214. The average Bonchev–Trinajstić information content (AvgIpc) is 2.89. The Hall–Kier alpha value is -2.25. The van der Waals surface area contributed by atoms with Gasteiger partial charge in [-0.2, -0.15) is 4.52 Å². The van der Waals surface area contributed by atoms with Gasteiger partial charge < -0.3 is 10.4 Å². The van der Waals surface area contributed by atoms with E-state index in [9.17, 15) is 9.90 Å². The minimum absolute atomic E-state index is 0.219. The number of rotatable bonds is 4. The Morgan fingerprint density at radius 3 is 3.05 bits per heavy atom. The first-order valence-corrected chi connectivity index (χ1v) is 7.28. The van der Waals surface area contributed by atoms with Crippen molar-refractivity contribution in [2.75, 3.05) is 11.9 Å². The van der Waals surface area contributed by atoms with Crippen molar-refractivity contribution < 1.29 is 5.11 Å². The lowest BCUT2D eigenvalue weighted by Gasteiger charge is -2.11. The van der Waals surface area contributed by atoms with Gasteiger partial charge in [-0.25, -0.2) is 4.98 Å². The lowest BCUT2D eigenvalue weighted by atomic mass is 10.1. The molecule has 0 fully saturated rings. The third-order valence-electron chi connectivity index (χ3n) is 3.04. The molecule has 0 aliphatic heterocycles. The standard InChI is InChI=1S/C14H14N4O2S/c1-9-3-2-4-10(7-9)11(19)8-16-13-17-18-12(20)5-6-15-14(18)21-13/h2-7,11,19H,8H2,1H3,(H,16,17). The molecule has 3 aromatic rings. The summed E-state index contributed by atoms with van der Waals surface area (Å²) in [7, 11) is 0. The van der Waals surface area contributed by atoms with Crippen molar-refractivity contribution in [3.05, 3.63) is 58.0 Å². The number of hydrogen-bond acceptors (Lipinski definition) is 6. The summed E-state index contributed by atoms with van der Waals surface area (Å²) in [6, 6.07) is 9.07. The first-order chi connectivity index (χ1) is 10.1. The van der Waals surface area contributed by atoms with Gasteiger partial charge in [0.2, 0.25) is 10.1 Å². The Bertz CT molecular complexity index is 827. The van der Waals surface area contributed by atoms with Gasteiger partial charge in [0.1, 0.15) is 0 Å². The second kappa shape index (κ2) is 5.63. The monoisotopic (exact) mass is 302 g/mol. The quantitative estimate of drug-likeness (QED) is 0.765. The van der Waals surface area contributed by atoms with Crippen LogP contribution in [0.2, 0.25) is 0 Å². The summed E-state index contributed by atoms with van der Waals surface area (Å²) in [6.07, 6.45) is 0.822. The Morgan fingerprint density at radius 2 is 2.29 bits per heavy atom. The molecule has 1 unspecified atom stereocenters. The van der Waals surface area contributed by atoms with Gasteiger partial charge in [0, 0.05) is 18.8 Å². The number of aliphatic hydroxyl groups excluding tert-OH is 1. The van der Waals surface area contributed by atoms with Crippen LogP contribution in [-0.4, -0.2) is 26.2 Å². The molecule has 0 amide bonds. The van der Waals surface area contributed by atoms with Crippen LogP contribution in [0.4, 0.5) is 5.13 Å². The van der Waals surface area contributed by atoms with E-state index in [-0.39, 0.29) is 5.56 Å². The zero-order valence-electron chi connectivity index (χ0n) is 11.4. The summed E-state index contributed by atoms with van der Waals surface area (Å²) < 4.78 is 1.24. The minimum atomic E-state index is -0.637. The summed E-state index contributed by atoms with van der Waals surface area (Å²) >= 11 is 1.27. The molecule has 2 N–H and O–H groups in total. The molecule has 0 spiro atoms. The van der Waals surface area contributed by atoms with Crippen LogP contribution in [0.1, 0.15) is 17.2 Å². The molecular formula is C14H14N4O2S. The second-order valence-corrected chi connectivity index (χ2v) is 5.65. The van der Waals surface area contributed by atoms with E-state index in [1.54, 1.807) is 0 Å². The van der Waals surface area contributed by atoms with Gasteiger partial charge in [-0.3, -0.25) is 4.79 Å². The number of fused-ring (bicyclic) bond motifs is 1. The first-order valence-electron chi connectivity index (χ1n) is 6.47. The van der Waals surface area contributed by atoms with E-state index in [0.29, 0.717) is 16.6 Å². The molecule has 3 rings (SSSR count). The Labute approximate surface area is 124 Å². The third kappa shape index (κ3) is 2.93. The van der Waals surface area contributed by atoms with E-state index in [4.69, 9.17) is 0 Å². The molecule has 0 saturated carbocycles. The van der Waals surface area contributed by atoms with E-state index in [2.05, 4.69) is 15.4 Å². The van der Waals surface area contributed by atoms with Crippen molar-refractivity contribution in [1.29, 1.82) is 0 Å². The average molecular weight is 302 g/mol. The van der Waals surface area contributed by atoms with Gasteiger partial charge in [-0.05, 0) is 12.5 Å². The van der Waals surface area contributed by atoms with Crippen molar-refractivity contribution in [3.8, 4) is 0 Å². The number of aryl methyl sites for hydroxylation is 1. The smallest absolute Gasteiger partial charge is 0.275 e. The molecule has 0 radical (unpaired) electrons. The number of benzene rings is 1. The normalized spacial score (nSPS) is 12.5. The highest BCUT2D eigenvalue weighted by molar-refractivity contribution is 7.20. The number of hydrogen-bond donors (Lipinski definition) is 2. The van der Waals surface area contributed by atoms with Gasteiger partial charge in [0.05, 0.1) is 6.10 Å². The molecule has 0 aliphatic carbocycles. The number of anilines is 1. The van der Waals surface area contributed by atoms with Crippen LogP contribution in [-0.2, 0) is 0 Å². The summed E-state index contributed by atoms with van der Waals surface area (Å²) in [4.78, 5) is 16.2. The summed E-state index contributed by atoms with van der Waals surface area (Å²) in [5, 5.41) is 17.9. The Balaban J connectivity index is 1.74. The second-order valence-electron chi connectivity index (χ2n) is 4.70. The van der Waals surface area contributed by atoms with Crippen LogP contribution < -0.4 is 10.9 Å². The number of aromatic nitrogens is 3. The highest BCUT2D eigenvalue weighted by atomic mass is 32.1. The van der Waals surface area contributed by atoms with Crippen molar-refractivity contribution in [2.24, 2.45) is 0 Å². The molecule has 21 heavy (non-hydrogen) atoms. The summed E-state index contributed by atoms with van der Waals surface area (Å²) in [5.74, 6) is 0.